The molecule has 0 aromatic heterocycles. The summed E-state index contributed by atoms with van der Waals surface area (Å²) in [7, 11) is 0. The number of aromatic hydroxyl groups is 1. The van der Waals surface area contributed by atoms with Gasteiger partial charge in [0.05, 0.1) is 12.1 Å². The van der Waals surface area contributed by atoms with Crippen LogP contribution in [0.3, 0.4) is 0 Å². The van der Waals surface area contributed by atoms with E-state index in [1.807, 2.05) is 12.1 Å². The number of phenolic OH excluding ortho intramolecular Hbond substituents is 1. The van der Waals surface area contributed by atoms with Crippen LogP contribution in [0.5, 0.6) is 5.75 Å². The Hall–Kier alpha value is -2.37. The fourth-order valence-corrected chi connectivity index (χ4v) is 4.03. The number of phenols is 1. The van der Waals surface area contributed by atoms with E-state index in [-0.39, 0.29) is 23.9 Å². The average Bonchev–Trinajstić information content (AvgIpc) is 2.70. The molecule has 2 aromatic carbocycles. The van der Waals surface area contributed by atoms with Gasteiger partial charge in [0, 0.05) is 31.4 Å². The molecule has 142 valence electrons. The van der Waals surface area contributed by atoms with Crippen molar-refractivity contribution in [3.8, 4) is 5.75 Å². The highest BCUT2D eigenvalue weighted by molar-refractivity contribution is 5.95. The third-order valence-corrected chi connectivity index (χ3v) is 5.72. The summed E-state index contributed by atoms with van der Waals surface area (Å²) in [6.07, 6.45) is 2.90. The van der Waals surface area contributed by atoms with Crippen molar-refractivity contribution in [2.45, 2.75) is 24.9 Å². The average molecular weight is 366 g/mol. The molecule has 0 aliphatic carbocycles. The Bertz CT molecular complexity index is 785. The third kappa shape index (κ3) is 4.15. The molecule has 5 heteroatoms. The monoisotopic (exact) mass is 366 g/mol. The second-order valence-corrected chi connectivity index (χ2v) is 7.55. The molecule has 0 radical (unpaired) electrons. The zero-order valence-electron chi connectivity index (χ0n) is 15.5. The lowest BCUT2D eigenvalue weighted by Crippen LogP contribution is -2.59. The Morgan fingerprint density at radius 3 is 2.56 bits per heavy atom. The number of hydrogen-bond acceptors (Lipinski definition) is 4. The lowest BCUT2D eigenvalue weighted by Gasteiger charge is -2.47. The zero-order chi connectivity index (χ0) is 18.7. The number of likely N-dealkylation sites (tertiary alicyclic amines) is 1. The van der Waals surface area contributed by atoms with E-state index in [2.05, 4.69) is 29.2 Å². The fourth-order valence-electron chi connectivity index (χ4n) is 4.03. The first-order valence-electron chi connectivity index (χ1n) is 9.63. The van der Waals surface area contributed by atoms with Crippen molar-refractivity contribution in [2.24, 2.45) is 0 Å². The summed E-state index contributed by atoms with van der Waals surface area (Å²) in [4.78, 5) is 16.6. The highest BCUT2D eigenvalue weighted by Crippen LogP contribution is 2.33. The lowest BCUT2D eigenvalue weighted by atomic mass is 9.89. The number of ether oxygens (including phenoxy) is 1. The molecule has 2 aliphatic heterocycles. The third-order valence-electron chi connectivity index (χ3n) is 5.72. The molecule has 2 aromatic rings. The maximum absolute atomic E-state index is 12.4. The second-order valence-electron chi connectivity index (χ2n) is 7.55. The van der Waals surface area contributed by atoms with Gasteiger partial charge in [-0.05, 0) is 37.0 Å². The molecule has 0 unspecified atom stereocenters. The Labute approximate surface area is 160 Å². The van der Waals surface area contributed by atoms with Gasteiger partial charge in [0.1, 0.15) is 12.4 Å². The quantitative estimate of drug-likeness (QED) is 0.904. The predicted octanol–water partition coefficient (Wildman–Crippen LogP) is 2.83. The molecule has 2 aliphatic rings. The van der Waals surface area contributed by atoms with Crippen LogP contribution in [0, 0.1) is 0 Å². The van der Waals surface area contributed by atoms with E-state index in [1.54, 1.807) is 23.1 Å². The van der Waals surface area contributed by atoms with Crippen LogP contribution in [0.15, 0.2) is 54.6 Å². The lowest BCUT2D eigenvalue weighted by molar-refractivity contribution is -0.144. The van der Waals surface area contributed by atoms with Gasteiger partial charge in [0.2, 0.25) is 0 Å². The number of piperidine rings is 1. The van der Waals surface area contributed by atoms with Crippen molar-refractivity contribution in [2.75, 3.05) is 37.7 Å². The first-order chi connectivity index (χ1) is 13.1. The van der Waals surface area contributed by atoms with Crippen LogP contribution in [-0.2, 0) is 16.0 Å². The fraction of sp³-hybridized carbons (Fsp3) is 0.409. The van der Waals surface area contributed by atoms with Gasteiger partial charge < -0.3 is 19.6 Å². The molecule has 0 atom stereocenters. The summed E-state index contributed by atoms with van der Waals surface area (Å²) < 4.78 is 6.03. The van der Waals surface area contributed by atoms with Crippen molar-refractivity contribution in [3.63, 3.8) is 0 Å². The van der Waals surface area contributed by atoms with E-state index < -0.39 is 0 Å². The highest BCUT2D eigenvalue weighted by atomic mass is 16.5. The van der Waals surface area contributed by atoms with Gasteiger partial charge in [-0.25, -0.2) is 0 Å². The maximum Gasteiger partial charge on any atom is 0.253 e. The van der Waals surface area contributed by atoms with E-state index in [4.69, 9.17) is 4.74 Å². The smallest absolute Gasteiger partial charge is 0.253 e. The summed E-state index contributed by atoms with van der Waals surface area (Å²) in [5.41, 5.74) is 1.84. The summed E-state index contributed by atoms with van der Waals surface area (Å²) >= 11 is 0. The second kappa shape index (κ2) is 7.71. The maximum atomic E-state index is 12.4. The van der Waals surface area contributed by atoms with Crippen LogP contribution >= 0.6 is 0 Å². The largest absolute Gasteiger partial charge is 0.508 e. The summed E-state index contributed by atoms with van der Waals surface area (Å²) in [6, 6.07) is 17.5. The van der Waals surface area contributed by atoms with Crippen molar-refractivity contribution in [3.05, 3.63) is 60.2 Å². The van der Waals surface area contributed by atoms with Crippen LogP contribution in [0.25, 0.3) is 0 Å². The van der Waals surface area contributed by atoms with Crippen molar-refractivity contribution in [1.82, 2.24) is 4.90 Å². The number of benzene rings is 2. The molecule has 1 spiro atoms. The molecule has 1 amide bonds. The van der Waals surface area contributed by atoms with E-state index >= 15 is 0 Å². The number of morpholine rings is 1. The van der Waals surface area contributed by atoms with Crippen LogP contribution in [0.4, 0.5) is 5.69 Å². The Kier molecular flexibility index (Phi) is 5.14. The molecular formula is C22H26N2O3. The normalized spacial score (nSPS) is 20.1. The standard InChI is InChI=1S/C22H26N2O3/c25-20-8-4-7-19(15-20)24-17-22(27-16-21(24)26)10-13-23(14-11-22)12-9-18-5-2-1-3-6-18/h1-8,15,25H,9-14,16-17H2. The Morgan fingerprint density at radius 1 is 1.04 bits per heavy atom. The minimum Gasteiger partial charge on any atom is -0.508 e. The van der Waals surface area contributed by atoms with Gasteiger partial charge in [-0.1, -0.05) is 36.4 Å². The Balaban J connectivity index is 1.36. The number of carbonyl (C=O) groups is 1. The summed E-state index contributed by atoms with van der Waals surface area (Å²) in [5, 5.41) is 9.74. The van der Waals surface area contributed by atoms with Crippen LogP contribution < -0.4 is 4.90 Å². The first-order valence-corrected chi connectivity index (χ1v) is 9.63. The van der Waals surface area contributed by atoms with Crippen LogP contribution in [-0.4, -0.2) is 54.3 Å². The SMILES string of the molecule is O=C1COC2(CCN(CCc3ccccc3)CC2)CN1c1cccc(O)c1. The predicted molar refractivity (Wildman–Crippen MR) is 105 cm³/mol. The van der Waals surface area contributed by atoms with Crippen LogP contribution in [0.1, 0.15) is 18.4 Å². The number of amides is 1. The van der Waals surface area contributed by atoms with Gasteiger partial charge in [-0.3, -0.25) is 4.79 Å². The molecule has 0 saturated carbocycles. The molecule has 2 heterocycles. The van der Waals surface area contributed by atoms with Gasteiger partial charge in [0.25, 0.3) is 5.91 Å². The molecule has 1 N–H and O–H groups in total. The van der Waals surface area contributed by atoms with Crippen molar-refractivity contribution >= 4 is 11.6 Å². The number of carbonyl (C=O) groups excluding carboxylic acids is 1. The number of nitrogens with zero attached hydrogens (tertiary/aromatic N) is 2. The first kappa shape index (κ1) is 18.0. The van der Waals surface area contributed by atoms with Gasteiger partial charge in [0.15, 0.2) is 0 Å². The molecule has 0 bridgehead atoms. The zero-order valence-corrected chi connectivity index (χ0v) is 15.5. The van der Waals surface area contributed by atoms with E-state index in [0.717, 1.165) is 44.6 Å². The molecular weight excluding hydrogens is 340 g/mol. The minimum atomic E-state index is -0.275. The molecule has 2 fully saturated rings. The Morgan fingerprint density at radius 2 is 1.81 bits per heavy atom. The van der Waals surface area contributed by atoms with Gasteiger partial charge >= 0.3 is 0 Å². The van der Waals surface area contributed by atoms with Gasteiger partial charge in [-0.2, -0.15) is 0 Å². The van der Waals surface area contributed by atoms with Crippen molar-refractivity contribution in [1.29, 1.82) is 0 Å². The van der Waals surface area contributed by atoms with E-state index in [9.17, 15) is 9.90 Å². The molecule has 2 saturated heterocycles. The molecule has 4 rings (SSSR count). The minimum absolute atomic E-state index is 0.0438. The number of rotatable bonds is 4. The molecule has 5 nitrogen and oxygen atoms in total. The number of hydrogen-bond donors (Lipinski definition) is 1. The topological polar surface area (TPSA) is 53.0 Å². The summed E-state index contributed by atoms with van der Waals surface area (Å²) in [6.45, 7) is 3.68. The van der Waals surface area contributed by atoms with E-state index in [0.29, 0.717) is 6.54 Å². The van der Waals surface area contributed by atoms with Gasteiger partial charge in [-0.15, -0.1) is 0 Å². The van der Waals surface area contributed by atoms with Crippen LogP contribution in [0.2, 0.25) is 0 Å². The molecule has 27 heavy (non-hydrogen) atoms. The van der Waals surface area contributed by atoms with E-state index in [1.165, 1.54) is 5.56 Å². The number of anilines is 1. The van der Waals surface area contributed by atoms with Crippen molar-refractivity contribution < 1.29 is 14.6 Å². The highest BCUT2D eigenvalue weighted by Gasteiger charge is 2.42. The summed E-state index contributed by atoms with van der Waals surface area (Å²) in [5.74, 6) is 0.134.